The van der Waals surface area contributed by atoms with Crippen LogP contribution in [-0.2, 0) is 17.8 Å². The molecule has 0 aliphatic carbocycles. The summed E-state index contributed by atoms with van der Waals surface area (Å²) in [5, 5.41) is 2.80. The van der Waals surface area contributed by atoms with Crippen LogP contribution >= 0.6 is 15.9 Å². The van der Waals surface area contributed by atoms with Gasteiger partial charge in [0.15, 0.2) is 11.7 Å². The second-order valence-electron chi connectivity index (χ2n) is 5.53. The number of nitrogens with one attached hydrogen (secondary N) is 1. The van der Waals surface area contributed by atoms with E-state index in [1.54, 1.807) is 18.3 Å². The Morgan fingerprint density at radius 2 is 2.00 bits per heavy atom. The zero-order valence-electron chi connectivity index (χ0n) is 13.3. The lowest BCUT2D eigenvalue weighted by Gasteiger charge is -2.04. The zero-order valence-corrected chi connectivity index (χ0v) is 14.9. The molecule has 1 amide bonds. The van der Waals surface area contributed by atoms with Gasteiger partial charge in [-0.1, -0.05) is 40.2 Å². The van der Waals surface area contributed by atoms with Crippen LogP contribution in [0.5, 0.6) is 0 Å². The number of carbonyl (C=O) groups excluding carboxylic acids is 1. The molecule has 6 heteroatoms. The summed E-state index contributed by atoms with van der Waals surface area (Å²) < 4.78 is 19.5. The SMILES string of the molecule is O=C(CCc1ncc(-c2cccc(Br)c2)o1)NCc1ccc(F)cc1. The van der Waals surface area contributed by atoms with Crippen molar-refractivity contribution in [2.75, 3.05) is 0 Å². The maximum absolute atomic E-state index is 12.8. The number of halogens is 2. The highest BCUT2D eigenvalue weighted by atomic mass is 79.9. The van der Waals surface area contributed by atoms with Gasteiger partial charge in [0.25, 0.3) is 0 Å². The summed E-state index contributed by atoms with van der Waals surface area (Å²) in [6, 6.07) is 13.8. The van der Waals surface area contributed by atoms with Crippen molar-refractivity contribution in [2.24, 2.45) is 0 Å². The van der Waals surface area contributed by atoms with E-state index in [4.69, 9.17) is 4.42 Å². The third-order valence-corrected chi connectivity index (χ3v) is 4.12. The molecule has 0 bridgehead atoms. The van der Waals surface area contributed by atoms with Crippen molar-refractivity contribution in [3.05, 3.63) is 76.5 Å². The van der Waals surface area contributed by atoms with Crippen molar-refractivity contribution in [1.82, 2.24) is 10.3 Å². The minimum absolute atomic E-state index is 0.105. The summed E-state index contributed by atoms with van der Waals surface area (Å²) in [5.41, 5.74) is 1.77. The van der Waals surface area contributed by atoms with Crippen molar-refractivity contribution in [3.63, 3.8) is 0 Å². The molecule has 4 nitrogen and oxygen atoms in total. The van der Waals surface area contributed by atoms with E-state index in [0.29, 0.717) is 24.6 Å². The predicted molar refractivity (Wildman–Crippen MR) is 96.2 cm³/mol. The van der Waals surface area contributed by atoms with Gasteiger partial charge in [0, 0.05) is 29.4 Å². The molecule has 3 rings (SSSR count). The van der Waals surface area contributed by atoms with Gasteiger partial charge in [-0.3, -0.25) is 4.79 Å². The summed E-state index contributed by atoms with van der Waals surface area (Å²) in [6.07, 6.45) is 2.36. The molecule has 0 fully saturated rings. The minimum Gasteiger partial charge on any atom is -0.441 e. The Morgan fingerprint density at radius 3 is 2.76 bits per heavy atom. The molecule has 0 saturated heterocycles. The smallest absolute Gasteiger partial charge is 0.220 e. The normalized spacial score (nSPS) is 10.6. The van der Waals surface area contributed by atoms with Gasteiger partial charge in [-0.05, 0) is 29.8 Å². The summed E-state index contributed by atoms with van der Waals surface area (Å²) in [5.74, 6) is 0.793. The number of carbonyl (C=O) groups is 1. The van der Waals surface area contributed by atoms with Crippen LogP contribution in [0, 0.1) is 5.82 Å². The topological polar surface area (TPSA) is 55.1 Å². The monoisotopic (exact) mass is 402 g/mol. The van der Waals surface area contributed by atoms with Gasteiger partial charge in [0.1, 0.15) is 5.82 Å². The van der Waals surface area contributed by atoms with Gasteiger partial charge in [0.05, 0.1) is 6.20 Å². The van der Waals surface area contributed by atoms with Crippen LogP contribution in [0.3, 0.4) is 0 Å². The number of nitrogens with zero attached hydrogens (tertiary/aromatic N) is 1. The molecule has 0 aliphatic heterocycles. The third-order valence-electron chi connectivity index (χ3n) is 3.63. The second-order valence-corrected chi connectivity index (χ2v) is 6.45. The Kier molecular flexibility index (Phi) is 5.60. The molecule has 1 aromatic heterocycles. The molecule has 3 aromatic rings. The van der Waals surface area contributed by atoms with Gasteiger partial charge < -0.3 is 9.73 Å². The standard InChI is InChI=1S/C19H16BrFN2O2/c20-15-3-1-2-14(10-15)17-12-23-19(25-17)9-8-18(24)22-11-13-4-6-16(21)7-5-13/h1-7,10,12H,8-9,11H2,(H,22,24). The highest BCUT2D eigenvalue weighted by molar-refractivity contribution is 9.10. The quantitative estimate of drug-likeness (QED) is 0.660. The number of aromatic nitrogens is 1. The first-order valence-electron chi connectivity index (χ1n) is 7.82. The minimum atomic E-state index is -0.291. The summed E-state index contributed by atoms with van der Waals surface area (Å²) in [7, 11) is 0. The van der Waals surface area contributed by atoms with Crippen LogP contribution in [0.2, 0.25) is 0 Å². The molecular formula is C19H16BrFN2O2. The van der Waals surface area contributed by atoms with Crippen molar-refractivity contribution in [2.45, 2.75) is 19.4 Å². The molecule has 0 aliphatic rings. The molecule has 25 heavy (non-hydrogen) atoms. The van der Waals surface area contributed by atoms with E-state index >= 15 is 0 Å². The van der Waals surface area contributed by atoms with E-state index in [2.05, 4.69) is 26.2 Å². The van der Waals surface area contributed by atoms with Gasteiger partial charge in [0.2, 0.25) is 5.91 Å². The van der Waals surface area contributed by atoms with E-state index < -0.39 is 0 Å². The van der Waals surface area contributed by atoms with Gasteiger partial charge in [-0.15, -0.1) is 0 Å². The Hall–Kier alpha value is -2.47. The van der Waals surface area contributed by atoms with Crippen LogP contribution in [0.4, 0.5) is 4.39 Å². The van der Waals surface area contributed by atoms with Crippen molar-refractivity contribution >= 4 is 21.8 Å². The molecule has 0 saturated carbocycles. The molecule has 0 unspecified atom stereocenters. The number of benzene rings is 2. The van der Waals surface area contributed by atoms with Gasteiger partial charge in [-0.2, -0.15) is 0 Å². The lowest BCUT2D eigenvalue weighted by Crippen LogP contribution is -2.23. The maximum Gasteiger partial charge on any atom is 0.220 e. The fraction of sp³-hybridized carbons (Fsp3) is 0.158. The van der Waals surface area contributed by atoms with Crippen molar-refractivity contribution in [3.8, 4) is 11.3 Å². The third kappa shape index (κ3) is 5.00. The highest BCUT2D eigenvalue weighted by Crippen LogP contribution is 2.24. The van der Waals surface area contributed by atoms with Crippen LogP contribution in [0.25, 0.3) is 11.3 Å². The molecule has 1 N–H and O–H groups in total. The first-order valence-corrected chi connectivity index (χ1v) is 8.61. The van der Waals surface area contributed by atoms with Crippen molar-refractivity contribution < 1.29 is 13.6 Å². The molecule has 0 spiro atoms. The lowest BCUT2D eigenvalue weighted by molar-refractivity contribution is -0.121. The second kappa shape index (κ2) is 8.07. The first-order chi connectivity index (χ1) is 12.1. The van der Waals surface area contributed by atoms with Gasteiger partial charge in [-0.25, -0.2) is 9.37 Å². The van der Waals surface area contributed by atoms with E-state index in [9.17, 15) is 9.18 Å². The van der Waals surface area contributed by atoms with Crippen LogP contribution < -0.4 is 5.32 Å². The van der Waals surface area contributed by atoms with Crippen LogP contribution in [-0.4, -0.2) is 10.9 Å². The van der Waals surface area contributed by atoms with Crippen LogP contribution in [0.15, 0.2) is 63.6 Å². The van der Waals surface area contributed by atoms with Crippen molar-refractivity contribution in [1.29, 1.82) is 0 Å². The van der Waals surface area contributed by atoms with E-state index in [1.165, 1.54) is 12.1 Å². The fourth-order valence-electron chi connectivity index (χ4n) is 2.31. The molecule has 1 heterocycles. The number of hydrogen-bond donors (Lipinski definition) is 1. The van der Waals surface area contributed by atoms with E-state index in [-0.39, 0.29) is 18.1 Å². The predicted octanol–water partition coefficient (Wildman–Crippen LogP) is 4.49. The Balaban J connectivity index is 1.50. The Bertz CT molecular complexity index is 862. The number of aryl methyl sites for hydroxylation is 1. The van der Waals surface area contributed by atoms with E-state index in [1.807, 2.05) is 24.3 Å². The summed E-state index contributed by atoms with van der Waals surface area (Å²) >= 11 is 3.42. The fourth-order valence-corrected chi connectivity index (χ4v) is 2.71. The van der Waals surface area contributed by atoms with E-state index in [0.717, 1.165) is 15.6 Å². The van der Waals surface area contributed by atoms with Gasteiger partial charge >= 0.3 is 0 Å². The molecule has 128 valence electrons. The number of hydrogen-bond acceptors (Lipinski definition) is 3. The highest BCUT2D eigenvalue weighted by Gasteiger charge is 2.09. The molecular weight excluding hydrogens is 387 g/mol. The summed E-state index contributed by atoms with van der Waals surface area (Å²) in [4.78, 5) is 16.1. The lowest BCUT2D eigenvalue weighted by atomic mass is 10.2. The number of oxazole rings is 1. The Morgan fingerprint density at radius 1 is 1.20 bits per heavy atom. The first kappa shape index (κ1) is 17.4. The largest absolute Gasteiger partial charge is 0.441 e. The molecule has 0 radical (unpaired) electrons. The summed E-state index contributed by atoms with van der Waals surface area (Å²) in [6.45, 7) is 0.369. The Labute approximate surface area is 153 Å². The number of rotatable bonds is 6. The molecule has 2 aromatic carbocycles. The molecule has 0 atom stereocenters. The maximum atomic E-state index is 12.8. The average molecular weight is 403 g/mol. The van der Waals surface area contributed by atoms with Crippen LogP contribution in [0.1, 0.15) is 17.9 Å². The average Bonchev–Trinajstić information content (AvgIpc) is 3.08. The zero-order chi connectivity index (χ0) is 17.6. The number of amides is 1.